The van der Waals surface area contributed by atoms with E-state index in [-0.39, 0.29) is 6.04 Å². The Labute approximate surface area is 137 Å². The minimum Gasteiger partial charge on any atom is -0.301 e. The smallest absolute Gasteiger partial charge is 0.141 e. The molecule has 21 heavy (non-hydrogen) atoms. The van der Waals surface area contributed by atoms with Crippen molar-refractivity contribution in [1.82, 2.24) is 4.90 Å². The zero-order valence-electron chi connectivity index (χ0n) is 11.6. The third-order valence-electron chi connectivity index (χ3n) is 3.93. The molecule has 108 valence electrons. The van der Waals surface area contributed by atoms with Crippen molar-refractivity contribution in [3.8, 4) is 0 Å². The zero-order valence-corrected chi connectivity index (χ0v) is 14.0. The van der Waals surface area contributed by atoms with Crippen LogP contribution in [0, 0.1) is 6.92 Å². The van der Waals surface area contributed by atoms with Gasteiger partial charge in [0.2, 0.25) is 0 Å². The average Bonchev–Trinajstić information content (AvgIpc) is 2.78. The standard InChI is InChI=1S/C17H15BrClNO/c1-11-6-14(18)7-13-9-20(16(10-21)17(11)13)8-12-2-4-15(19)5-3-12/h2-7,10,16H,8-9H2,1H3. The van der Waals surface area contributed by atoms with Gasteiger partial charge in [0, 0.05) is 22.6 Å². The van der Waals surface area contributed by atoms with Gasteiger partial charge in [0.15, 0.2) is 0 Å². The van der Waals surface area contributed by atoms with Crippen molar-refractivity contribution in [2.24, 2.45) is 0 Å². The van der Waals surface area contributed by atoms with Gasteiger partial charge in [0.25, 0.3) is 0 Å². The highest BCUT2D eigenvalue weighted by Gasteiger charge is 2.31. The summed E-state index contributed by atoms with van der Waals surface area (Å²) >= 11 is 9.45. The Hall–Kier alpha value is -1.16. The first-order valence-electron chi connectivity index (χ1n) is 6.81. The predicted octanol–water partition coefficient (Wildman–Crippen LogP) is 4.67. The fourth-order valence-corrected chi connectivity index (χ4v) is 3.76. The van der Waals surface area contributed by atoms with Crippen LogP contribution >= 0.6 is 27.5 Å². The molecule has 0 amide bonds. The second-order valence-electron chi connectivity index (χ2n) is 5.41. The topological polar surface area (TPSA) is 20.3 Å². The summed E-state index contributed by atoms with van der Waals surface area (Å²) in [6, 6.07) is 11.8. The quantitative estimate of drug-likeness (QED) is 0.738. The van der Waals surface area contributed by atoms with Crippen molar-refractivity contribution < 1.29 is 4.79 Å². The molecule has 1 atom stereocenters. The fourth-order valence-electron chi connectivity index (χ4n) is 3.01. The van der Waals surface area contributed by atoms with Crippen LogP contribution in [0.25, 0.3) is 0 Å². The number of halogens is 2. The average molecular weight is 365 g/mol. The van der Waals surface area contributed by atoms with E-state index in [0.29, 0.717) is 0 Å². The number of aldehydes is 1. The molecule has 2 nitrogen and oxygen atoms in total. The van der Waals surface area contributed by atoms with Crippen LogP contribution in [0.3, 0.4) is 0 Å². The third-order valence-corrected chi connectivity index (χ3v) is 4.64. The Balaban J connectivity index is 1.90. The molecule has 0 saturated carbocycles. The van der Waals surface area contributed by atoms with E-state index < -0.39 is 0 Å². The molecule has 1 heterocycles. The lowest BCUT2D eigenvalue weighted by atomic mass is 10.00. The molecular weight excluding hydrogens is 350 g/mol. The largest absolute Gasteiger partial charge is 0.301 e. The first-order valence-corrected chi connectivity index (χ1v) is 7.98. The van der Waals surface area contributed by atoms with Gasteiger partial charge >= 0.3 is 0 Å². The van der Waals surface area contributed by atoms with Crippen LogP contribution in [0.1, 0.15) is 28.3 Å². The molecule has 1 aliphatic rings. The molecule has 3 rings (SSSR count). The summed E-state index contributed by atoms with van der Waals surface area (Å²) in [5.41, 5.74) is 4.71. The summed E-state index contributed by atoms with van der Waals surface area (Å²) in [7, 11) is 0. The molecule has 0 spiro atoms. The van der Waals surface area contributed by atoms with Crippen molar-refractivity contribution in [2.75, 3.05) is 0 Å². The maximum Gasteiger partial charge on any atom is 0.141 e. The number of carbonyl (C=O) groups is 1. The van der Waals surface area contributed by atoms with E-state index in [1.807, 2.05) is 24.3 Å². The number of aryl methyl sites for hydroxylation is 1. The molecule has 0 aromatic heterocycles. The number of nitrogens with zero attached hydrogens (tertiary/aromatic N) is 1. The maximum atomic E-state index is 11.6. The molecule has 4 heteroatoms. The van der Waals surface area contributed by atoms with E-state index in [1.54, 1.807) is 0 Å². The molecule has 0 aliphatic carbocycles. The zero-order chi connectivity index (χ0) is 15.0. The normalized spacial score (nSPS) is 17.8. The molecular formula is C17H15BrClNO. The van der Waals surface area contributed by atoms with E-state index >= 15 is 0 Å². The molecule has 2 aromatic rings. The SMILES string of the molecule is Cc1cc(Br)cc2c1C(C=O)N(Cc1ccc(Cl)cc1)C2. The summed E-state index contributed by atoms with van der Waals surface area (Å²) in [5.74, 6) is 0. The van der Waals surface area contributed by atoms with Gasteiger partial charge in [0.05, 0.1) is 6.04 Å². The van der Waals surface area contributed by atoms with Gasteiger partial charge in [-0.3, -0.25) is 4.90 Å². The van der Waals surface area contributed by atoms with Crippen LogP contribution in [0.5, 0.6) is 0 Å². The maximum absolute atomic E-state index is 11.6. The first kappa shape index (κ1) is 14.8. The lowest BCUT2D eigenvalue weighted by molar-refractivity contribution is -0.112. The Bertz CT molecular complexity index is 684. The molecule has 0 fully saturated rings. The molecule has 0 saturated heterocycles. The van der Waals surface area contributed by atoms with E-state index in [9.17, 15) is 4.79 Å². The van der Waals surface area contributed by atoms with Crippen LogP contribution in [-0.2, 0) is 17.9 Å². The number of hydrogen-bond acceptors (Lipinski definition) is 2. The summed E-state index contributed by atoms with van der Waals surface area (Å²) in [6.07, 6.45) is 1.04. The lowest BCUT2D eigenvalue weighted by Gasteiger charge is -2.21. The van der Waals surface area contributed by atoms with E-state index in [4.69, 9.17) is 11.6 Å². The minimum atomic E-state index is -0.163. The number of rotatable bonds is 3. The molecule has 1 unspecified atom stereocenters. The van der Waals surface area contributed by atoms with Crippen LogP contribution in [0.2, 0.25) is 5.02 Å². The highest BCUT2D eigenvalue weighted by Crippen LogP contribution is 2.37. The van der Waals surface area contributed by atoms with Gasteiger partial charge < -0.3 is 4.79 Å². The predicted molar refractivity (Wildman–Crippen MR) is 88.4 cm³/mol. The number of hydrogen-bond donors (Lipinski definition) is 0. The highest BCUT2D eigenvalue weighted by molar-refractivity contribution is 9.10. The molecule has 0 radical (unpaired) electrons. The molecule has 0 N–H and O–H groups in total. The van der Waals surface area contributed by atoms with E-state index in [2.05, 4.69) is 39.9 Å². The fraction of sp³-hybridized carbons (Fsp3) is 0.235. The monoisotopic (exact) mass is 363 g/mol. The van der Waals surface area contributed by atoms with E-state index in [0.717, 1.165) is 45.6 Å². The Morgan fingerprint density at radius 1 is 1.33 bits per heavy atom. The molecule has 0 bridgehead atoms. The highest BCUT2D eigenvalue weighted by atomic mass is 79.9. The van der Waals surface area contributed by atoms with Gasteiger partial charge in [-0.05, 0) is 53.4 Å². The Morgan fingerprint density at radius 2 is 2.05 bits per heavy atom. The van der Waals surface area contributed by atoms with Crippen molar-refractivity contribution in [3.05, 3.63) is 68.1 Å². The second-order valence-corrected chi connectivity index (χ2v) is 6.76. The van der Waals surface area contributed by atoms with Crippen LogP contribution in [0.15, 0.2) is 40.9 Å². The molecule has 2 aromatic carbocycles. The molecule has 1 aliphatic heterocycles. The van der Waals surface area contributed by atoms with Gasteiger partial charge in [0.1, 0.15) is 6.29 Å². The van der Waals surface area contributed by atoms with Gasteiger partial charge in [-0.2, -0.15) is 0 Å². The van der Waals surface area contributed by atoms with Crippen molar-refractivity contribution in [3.63, 3.8) is 0 Å². The summed E-state index contributed by atoms with van der Waals surface area (Å²) in [6.45, 7) is 3.60. The summed E-state index contributed by atoms with van der Waals surface area (Å²) in [5, 5.41) is 0.732. The first-order chi connectivity index (χ1) is 10.1. The van der Waals surface area contributed by atoms with Crippen LogP contribution < -0.4 is 0 Å². The van der Waals surface area contributed by atoms with Crippen molar-refractivity contribution in [2.45, 2.75) is 26.1 Å². The van der Waals surface area contributed by atoms with Gasteiger partial charge in [-0.1, -0.05) is 39.7 Å². The summed E-state index contributed by atoms with van der Waals surface area (Å²) < 4.78 is 1.07. The lowest BCUT2D eigenvalue weighted by Crippen LogP contribution is -2.22. The summed E-state index contributed by atoms with van der Waals surface area (Å²) in [4.78, 5) is 13.8. The van der Waals surface area contributed by atoms with Gasteiger partial charge in [-0.15, -0.1) is 0 Å². The van der Waals surface area contributed by atoms with Gasteiger partial charge in [-0.25, -0.2) is 0 Å². The van der Waals surface area contributed by atoms with E-state index in [1.165, 1.54) is 5.56 Å². The van der Waals surface area contributed by atoms with Crippen LogP contribution in [-0.4, -0.2) is 11.2 Å². The minimum absolute atomic E-state index is 0.163. The Kier molecular flexibility index (Phi) is 4.16. The van der Waals surface area contributed by atoms with Crippen LogP contribution in [0.4, 0.5) is 0 Å². The second kappa shape index (κ2) is 5.91. The Morgan fingerprint density at radius 3 is 2.71 bits per heavy atom. The van der Waals surface area contributed by atoms with Crippen molar-refractivity contribution >= 4 is 33.8 Å². The van der Waals surface area contributed by atoms with Crippen molar-refractivity contribution in [1.29, 1.82) is 0 Å². The third kappa shape index (κ3) is 2.91. The number of fused-ring (bicyclic) bond motifs is 1. The number of carbonyl (C=O) groups excluding carboxylic acids is 1. The number of benzene rings is 2.